The van der Waals surface area contributed by atoms with Gasteiger partial charge in [-0.2, -0.15) is 0 Å². The van der Waals surface area contributed by atoms with Crippen molar-refractivity contribution in [2.75, 3.05) is 0 Å². The molecule has 12 rings (SSSR count). The molecule has 0 aliphatic heterocycles. The van der Waals surface area contributed by atoms with Crippen LogP contribution in [-0.2, 0) is 60.0 Å². The normalized spacial score (nSPS) is 24.4. The van der Waals surface area contributed by atoms with Crippen LogP contribution in [0.5, 0.6) is 0 Å². The molecular weight excluding hydrogens is 1430 g/mol. The maximum absolute atomic E-state index is 8.89. The Morgan fingerprint density at radius 1 is 0.170 bits per heavy atom. The topological polar surface area (TPSA) is 161 Å². The maximum Gasteiger partial charge on any atom is 2.00 e. The Morgan fingerprint density at radius 2 is 0.223 bits per heavy atom. The molecule has 14 heteroatoms. The second-order valence-corrected chi connectivity index (χ2v) is 45.8. The Balaban J connectivity index is 0.000000301. The fourth-order valence-corrected chi connectivity index (χ4v) is 42.1. The van der Waals surface area contributed by atoms with Crippen LogP contribution in [0.2, 0.25) is 0 Å². The van der Waals surface area contributed by atoms with E-state index in [1.165, 1.54) is 67.9 Å². The number of carbonyl (C=O) groups excluding carboxylic acids is 4. The van der Waals surface area contributed by atoms with Crippen LogP contribution in [0, 0.1) is 0 Å². The van der Waals surface area contributed by atoms with Gasteiger partial charge in [0, 0.05) is 55.6 Å². The Hall–Kier alpha value is 0.925. The number of carboxylic acid groups (broad SMARTS) is 4. The molecule has 12 saturated carbocycles. The van der Waals surface area contributed by atoms with Crippen LogP contribution < -0.4 is 20.4 Å². The van der Waals surface area contributed by atoms with Gasteiger partial charge in [0.05, 0.1) is 67.9 Å². The van der Waals surface area contributed by atoms with Crippen LogP contribution >= 0.6 is 31.7 Å². The number of aliphatic carboxylic acids is 4. The first-order chi connectivity index (χ1) is 44.7. The van der Waals surface area contributed by atoms with Gasteiger partial charge in [0.2, 0.25) is 0 Å². The monoisotopic (exact) mass is 1570 g/mol. The van der Waals surface area contributed by atoms with Crippen molar-refractivity contribution in [3.05, 3.63) is 0 Å². The first kappa shape index (κ1) is 89.1. The van der Waals surface area contributed by atoms with Crippen molar-refractivity contribution in [1.29, 1.82) is 0 Å². The minimum Gasteiger partial charge on any atom is -0.550 e. The Bertz CT molecular complexity index is 1400. The predicted octanol–water partition coefficient (Wildman–Crippen LogP) is 19.8. The summed E-state index contributed by atoms with van der Waals surface area (Å²) in [6.45, 7) is 3.89. The summed E-state index contributed by atoms with van der Waals surface area (Å²) in [5.74, 6) is -4.33. The number of rotatable bonds is 12. The van der Waals surface area contributed by atoms with Gasteiger partial charge < -0.3 is 39.6 Å². The molecule has 12 fully saturated rings. The van der Waals surface area contributed by atoms with Gasteiger partial charge in [0.25, 0.3) is 0 Å². The first-order valence-electron chi connectivity index (χ1n) is 40.9. The molecule has 0 saturated heterocycles. The summed E-state index contributed by atoms with van der Waals surface area (Å²) in [6.07, 6.45) is 95.2. The standard InChI is InChI=1S/4C18H33P.4C2H4O2.2Pd/c4*1-4-10-16(11-5-1)19(17-12-6-2-7-13-17)18-14-8-3-9-15-18;4*1-2(3)4;;/h4*16-18H,1-15H2;4*1H3,(H,3,4);;/q;;;;;;;;2*+2. The average molecular weight is 1570 g/mol. The minimum atomic E-state index is -1.08. The second-order valence-electron chi connectivity index (χ2n) is 32.0. The quantitative estimate of drug-likeness (QED) is 0.138. The molecule has 0 N–H and O–H groups in total. The van der Waals surface area contributed by atoms with E-state index in [1.54, 1.807) is 385 Å². The van der Waals surface area contributed by atoms with Crippen molar-refractivity contribution in [3.8, 4) is 0 Å². The fourth-order valence-electron chi connectivity index (χ4n) is 21.2. The average Bonchev–Trinajstić information content (AvgIpc) is 0.868. The van der Waals surface area contributed by atoms with Gasteiger partial charge in [-0.1, -0.05) is 77.0 Å². The summed E-state index contributed by atoms with van der Waals surface area (Å²) in [6, 6.07) is 0. The van der Waals surface area contributed by atoms with Gasteiger partial charge in [-0.05, 0) is 336 Å². The van der Waals surface area contributed by atoms with Gasteiger partial charge >= 0.3 is 40.8 Å². The fraction of sp³-hybridized carbons (Fsp3) is 0.950. The molecule has 0 bridgehead atoms. The summed E-state index contributed by atoms with van der Waals surface area (Å²) in [5, 5.41) is 35.6. The molecule has 0 aromatic rings. The van der Waals surface area contributed by atoms with Crippen molar-refractivity contribution in [2.24, 2.45) is 0 Å². The molecule has 0 atom stereocenters. The van der Waals surface area contributed by atoms with Gasteiger partial charge in [-0.25, -0.2) is 0 Å². The van der Waals surface area contributed by atoms with Crippen molar-refractivity contribution in [3.63, 3.8) is 0 Å². The number of hydrogen-bond acceptors (Lipinski definition) is 8. The molecule has 94 heavy (non-hydrogen) atoms. The van der Waals surface area contributed by atoms with Crippen LogP contribution in [0.3, 0.4) is 0 Å². The number of carbonyl (C=O) groups is 4. The van der Waals surface area contributed by atoms with Gasteiger partial charge in [-0.15, -0.1) is 0 Å². The van der Waals surface area contributed by atoms with E-state index in [9.17, 15) is 0 Å². The molecule has 12 aliphatic rings. The summed E-state index contributed by atoms with van der Waals surface area (Å²) in [7, 11) is -0.186. The largest absolute Gasteiger partial charge is 2.00 e. The molecule has 0 radical (unpaired) electrons. The van der Waals surface area contributed by atoms with E-state index < -0.39 is 23.9 Å². The molecule has 0 aromatic carbocycles. The Morgan fingerprint density at radius 3 is 0.277 bits per heavy atom. The van der Waals surface area contributed by atoms with Gasteiger partial charge in [0.15, 0.2) is 0 Å². The number of hydrogen-bond donors (Lipinski definition) is 0. The van der Waals surface area contributed by atoms with Crippen LogP contribution in [0.4, 0.5) is 0 Å². The molecule has 0 spiro atoms. The first-order valence-corrected chi connectivity index (χ1v) is 47.8. The smallest absolute Gasteiger partial charge is 0.550 e. The molecule has 0 aromatic heterocycles. The van der Waals surface area contributed by atoms with E-state index in [1.807, 2.05) is 0 Å². The van der Waals surface area contributed by atoms with E-state index in [2.05, 4.69) is 0 Å². The Labute approximate surface area is 612 Å². The SMILES string of the molecule is C1CCC([PH+](C2CCCCC2)C2CCCCC2)CC1.C1CCC([PH+](C2CCCCC2)C2CCCCC2)CC1.C1CCC([PH+](C2CCCCC2)C2CCCCC2)CC1.C1CCC([PH+](C2CCCCC2)C2CCCCC2)CC1.CC(=O)[O-].CC(=O)[O-].CC(=O)[O-].CC(=O)[O-].[Pd+2].[Pd+2]. The maximum atomic E-state index is 8.89. The van der Waals surface area contributed by atoms with E-state index in [-0.39, 0.29) is 72.5 Å². The molecule has 0 heterocycles. The third-order valence-electron chi connectivity index (χ3n) is 24.9. The second kappa shape index (κ2) is 55.5. The Kier molecular flexibility index (Phi) is 52.6. The molecule has 12 aliphatic carbocycles. The van der Waals surface area contributed by atoms with Crippen LogP contribution in [0.15, 0.2) is 0 Å². The number of carboxylic acids is 4. The van der Waals surface area contributed by atoms with Crippen LogP contribution in [0.25, 0.3) is 0 Å². The van der Waals surface area contributed by atoms with Crippen molar-refractivity contribution in [1.82, 2.24) is 0 Å². The molecule has 0 amide bonds. The third-order valence-corrected chi connectivity index (χ3v) is 43.2. The van der Waals surface area contributed by atoms with E-state index >= 15 is 0 Å². The van der Waals surface area contributed by atoms with E-state index in [0.717, 1.165) is 27.7 Å². The summed E-state index contributed by atoms with van der Waals surface area (Å²) >= 11 is 0. The van der Waals surface area contributed by atoms with Crippen LogP contribution in [-0.4, -0.2) is 91.8 Å². The third kappa shape index (κ3) is 37.4. The summed E-state index contributed by atoms with van der Waals surface area (Å²) in [4.78, 5) is 35.6. The summed E-state index contributed by atoms with van der Waals surface area (Å²) in [5.41, 5.74) is 14.7. The molecule has 0 unspecified atom stereocenters. The molecule has 552 valence electrons. The zero-order chi connectivity index (χ0) is 66.0. The van der Waals surface area contributed by atoms with Crippen molar-refractivity contribution >= 4 is 55.6 Å². The molecular formula is C80H148O8P4Pd2+4. The predicted molar refractivity (Wildman–Crippen MR) is 398 cm³/mol. The van der Waals surface area contributed by atoms with E-state index in [0.29, 0.717) is 0 Å². The van der Waals surface area contributed by atoms with Crippen molar-refractivity contribution < 1.29 is 80.4 Å². The van der Waals surface area contributed by atoms with Gasteiger partial charge in [-0.3, -0.25) is 0 Å². The zero-order valence-electron chi connectivity index (χ0n) is 61.3. The van der Waals surface area contributed by atoms with Gasteiger partial charge in [0.1, 0.15) is 0 Å². The van der Waals surface area contributed by atoms with Crippen molar-refractivity contribution in [2.45, 2.75) is 481 Å². The minimum absolute atomic E-state index is 0. The zero-order valence-corrected chi connectivity index (χ0v) is 68.4. The summed E-state index contributed by atoms with van der Waals surface area (Å²) < 4.78 is 0. The van der Waals surface area contributed by atoms with E-state index in [4.69, 9.17) is 39.6 Å². The van der Waals surface area contributed by atoms with Crippen LogP contribution in [0.1, 0.15) is 413 Å². The molecule has 8 nitrogen and oxygen atoms in total.